The van der Waals surface area contributed by atoms with Crippen LogP contribution in [0.3, 0.4) is 0 Å². The minimum absolute atomic E-state index is 0.0386. The second kappa shape index (κ2) is 8.32. The predicted molar refractivity (Wildman–Crippen MR) is 119 cm³/mol. The number of carbonyl (C=O) groups is 3. The predicted octanol–water partition coefficient (Wildman–Crippen LogP) is 5.16. The summed E-state index contributed by atoms with van der Waals surface area (Å²) in [6.07, 6.45) is 7.94. The third-order valence-corrected chi connectivity index (χ3v) is 11.0. The number of carboxylic acid groups (broad SMARTS) is 3. The van der Waals surface area contributed by atoms with Crippen molar-refractivity contribution in [2.75, 3.05) is 0 Å². The summed E-state index contributed by atoms with van der Waals surface area (Å²) in [6.45, 7) is 6.88. The smallest absolute Gasteiger partial charge is 0.306 e. The van der Waals surface area contributed by atoms with E-state index in [4.69, 9.17) is 5.11 Å². The Morgan fingerprint density at radius 3 is 2.16 bits per heavy atom. The van der Waals surface area contributed by atoms with Crippen molar-refractivity contribution in [3.8, 4) is 0 Å². The molecule has 0 amide bonds. The van der Waals surface area contributed by atoms with Gasteiger partial charge in [0, 0.05) is 6.42 Å². The highest BCUT2D eigenvalue weighted by atomic mass is 16.4. The van der Waals surface area contributed by atoms with Crippen LogP contribution in [0.2, 0.25) is 0 Å². The quantitative estimate of drug-likeness (QED) is 0.517. The zero-order valence-electron chi connectivity index (χ0n) is 19.8. The Morgan fingerprint density at radius 1 is 0.875 bits per heavy atom. The molecule has 4 aliphatic rings. The van der Waals surface area contributed by atoms with E-state index in [9.17, 15) is 24.6 Å². The largest absolute Gasteiger partial charge is 0.481 e. The first-order chi connectivity index (χ1) is 15.0. The van der Waals surface area contributed by atoms with E-state index in [0.29, 0.717) is 49.4 Å². The van der Waals surface area contributed by atoms with E-state index in [1.165, 1.54) is 0 Å². The van der Waals surface area contributed by atoms with Crippen molar-refractivity contribution in [1.82, 2.24) is 0 Å². The van der Waals surface area contributed by atoms with Gasteiger partial charge in [-0.25, -0.2) is 0 Å². The Kier molecular flexibility index (Phi) is 6.13. The Hall–Kier alpha value is -1.59. The zero-order valence-corrected chi connectivity index (χ0v) is 19.8. The molecule has 10 atom stereocenters. The van der Waals surface area contributed by atoms with Gasteiger partial charge in [0.05, 0.1) is 11.8 Å². The van der Waals surface area contributed by atoms with E-state index in [-0.39, 0.29) is 40.9 Å². The summed E-state index contributed by atoms with van der Waals surface area (Å²) >= 11 is 0. The molecule has 0 aromatic carbocycles. The maximum atomic E-state index is 12.5. The summed E-state index contributed by atoms with van der Waals surface area (Å²) in [7, 11) is 0. The maximum absolute atomic E-state index is 12.5. The van der Waals surface area contributed by atoms with Gasteiger partial charge in [-0.2, -0.15) is 0 Å². The van der Waals surface area contributed by atoms with Crippen LogP contribution in [0.5, 0.6) is 0 Å². The Morgan fingerprint density at radius 2 is 1.53 bits per heavy atom. The van der Waals surface area contributed by atoms with Gasteiger partial charge in [-0.05, 0) is 104 Å². The van der Waals surface area contributed by atoms with Crippen LogP contribution >= 0.6 is 0 Å². The molecule has 4 fully saturated rings. The lowest BCUT2D eigenvalue weighted by molar-refractivity contribution is -0.176. The normalized spacial score (nSPS) is 46.4. The average molecular weight is 449 g/mol. The molecular weight excluding hydrogens is 408 g/mol. The topological polar surface area (TPSA) is 112 Å². The van der Waals surface area contributed by atoms with Crippen LogP contribution in [0, 0.1) is 58.2 Å². The second-order valence-electron chi connectivity index (χ2n) is 12.1. The van der Waals surface area contributed by atoms with Crippen LogP contribution in [-0.4, -0.2) is 33.2 Å². The molecule has 32 heavy (non-hydrogen) atoms. The SMILES string of the molecule is C[C@@H](CCC(=O)O)[C@H]1CC[C@@H]2[C@H]3[C@@H](CC[C@@]21C)[C@@]1(C)CC[C@@H](C(=O)O)C[C@H]1C[C@H]3C(=O)O. The third-order valence-electron chi connectivity index (χ3n) is 11.0. The van der Waals surface area contributed by atoms with Gasteiger partial charge in [0.15, 0.2) is 0 Å². The molecule has 0 heterocycles. The number of carboxylic acids is 3. The van der Waals surface area contributed by atoms with E-state index in [1.54, 1.807) is 0 Å². The van der Waals surface area contributed by atoms with Gasteiger partial charge in [0.25, 0.3) is 0 Å². The molecule has 0 aliphatic heterocycles. The van der Waals surface area contributed by atoms with Gasteiger partial charge in [-0.3, -0.25) is 14.4 Å². The zero-order chi connectivity index (χ0) is 23.4. The molecule has 180 valence electrons. The summed E-state index contributed by atoms with van der Waals surface area (Å²) in [5.74, 6) is -1.05. The van der Waals surface area contributed by atoms with Gasteiger partial charge in [-0.1, -0.05) is 20.8 Å². The minimum Gasteiger partial charge on any atom is -0.481 e. The first-order valence-electron chi connectivity index (χ1n) is 12.7. The Bertz CT molecular complexity index is 778. The van der Waals surface area contributed by atoms with Gasteiger partial charge in [0.1, 0.15) is 0 Å². The number of hydrogen-bond acceptors (Lipinski definition) is 3. The number of rotatable bonds is 6. The van der Waals surface area contributed by atoms with E-state index < -0.39 is 17.9 Å². The lowest BCUT2D eigenvalue weighted by Gasteiger charge is -2.62. The second-order valence-corrected chi connectivity index (χ2v) is 12.1. The number of hydrogen-bond donors (Lipinski definition) is 3. The van der Waals surface area contributed by atoms with Crippen LogP contribution in [0.4, 0.5) is 0 Å². The molecule has 0 aromatic rings. The average Bonchev–Trinajstić information content (AvgIpc) is 3.07. The Labute approximate surface area is 191 Å². The van der Waals surface area contributed by atoms with Gasteiger partial charge in [-0.15, -0.1) is 0 Å². The lowest BCUT2D eigenvalue weighted by Crippen LogP contribution is -2.58. The molecule has 6 nitrogen and oxygen atoms in total. The fourth-order valence-electron chi connectivity index (χ4n) is 9.28. The van der Waals surface area contributed by atoms with E-state index in [0.717, 1.165) is 32.1 Å². The van der Waals surface area contributed by atoms with Crippen molar-refractivity contribution in [2.24, 2.45) is 58.2 Å². The summed E-state index contributed by atoms with van der Waals surface area (Å²) in [6, 6.07) is 0. The van der Waals surface area contributed by atoms with Crippen molar-refractivity contribution < 1.29 is 29.7 Å². The monoisotopic (exact) mass is 448 g/mol. The van der Waals surface area contributed by atoms with Crippen LogP contribution < -0.4 is 0 Å². The number of fused-ring (bicyclic) bond motifs is 5. The van der Waals surface area contributed by atoms with Crippen molar-refractivity contribution in [3.63, 3.8) is 0 Å². The van der Waals surface area contributed by atoms with Crippen molar-refractivity contribution in [3.05, 3.63) is 0 Å². The molecule has 3 N–H and O–H groups in total. The molecular formula is C26H40O6. The molecule has 6 heteroatoms. The fourth-order valence-corrected chi connectivity index (χ4v) is 9.28. The molecule has 0 bridgehead atoms. The van der Waals surface area contributed by atoms with Crippen molar-refractivity contribution in [2.45, 2.75) is 85.0 Å². The van der Waals surface area contributed by atoms with Gasteiger partial charge in [0.2, 0.25) is 0 Å². The van der Waals surface area contributed by atoms with Crippen LogP contribution in [0.15, 0.2) is 0 Å². The van der Waals surface area contributed by atoms with E-state index in [1.807, 2.05) is 0 Å². The highest BCUT2D eigenvalue weighted by molar-refractivity contribution is 5.72. The van der Waals surface area contributed by atoms with Crippen LogP contribution in [0.25, 0.3) is 0 Å². The summed E-state index contributed by atoms with van der Waals surface area (Å²) < 4.78 is 0. The minimum atomic E-state index is -0.741. The summed E-state index contributed by atoms with van der Waals surface area (Å²) in [4.78, 5) is 35.3. The van der Waals surface area contributed by atoms with Gasteiger partial charge >= 0.3 is 17.9 Å². The van der Waals surface area contributed by atoms with Crippen LogP contribution in [-0.2, 0) is 14.4 Å². The molecule has 0 spiro atoms. The molecule has 0 saturated heterocycles. The first-order valence-corrected chi connectivity index (χ1v) is 12.7. The third kappa shape index (κ3) is 3.66. The van der Waals surface area contributed by atoms with E-state index >= 15 is 0 Å². The molecule has 4 saturated carbocycles. The van der Waals surface area contributed by atoms with Gasteiger partial charge < -0.3 is 15.3 Å². The first kappa shape index (κ1) is 23.6. The maximum Gasteiger partial charge on any atom is 0.306 e. The molecule has 4 aliphatic carbocycles. The molecule has 0 aromatic heterocycles. The Balaban J connectivity index is 1.61. The van der Waals surface area contributed by atoms with E-state index in [2.05, 4.69) is 20.8 Å². The molecule has 4 rings (SSSR count). The highest BCUT2D eigenvalue weighted by Gasteiger charge is 2.64. The van der Waals surface area contributed by atoms with Crippen molar-refractivity contribution >= 4 is 17.9 Å². The summed E-state index contributed by atoms with van der Waals surface area (Å²) in [5.41, 5.74) is 0.116. The van der Waals surface area contributed by atoms with Crippen molar-refractivity contribution in [1.29, 1.82) is 0 Å². The fraction of sp³-hybridized carbons (Fsp3) is 0.885. The number of aliphatic carboxylic acids is 3. The molecule has 0 unspecified atom stereocenters. The summed E-state index contributed by atoms with van der Waals surface area (Å²) in [5, 5.41) is 29.0. The standard InChI is InChI=1S/C26H40O6/c1-14(4-7-21(27)28)18-5-6-19-22-17(24(31)32)13-16-12-15(23(29)30)8-10-25(16,2)20(22)9-11-26(18,19)3/h14-20,22H,4-13H2,1-3H3,(H,27,28)(H,29,30)(H,31,32)/t14-,15+,16-,17+,18+,19+,20+,22-,25-,26+/m0/s1. The van der Waals surface area contributed by atoms with Crippen LogP contribution in [0.1, 0.15) is 85.0 Å². The highest BCUT2D eigenvalue weighted by Crippen LogP contribution is 2.69. The molecule has 0 radical (unpaired) electrons. The lowest BCUT2D eigenvalue weighted by atomic mass is 9.41.